The summed E-state index contributed by atoms with van der Waals surface area (Å²) in [5.41, 5.74) is 1.84. The summed E-state index contributed by atoms with van der Waals surface area (Å²) >= 11 is 0. The fourth-order valence-electron chi connectivity index (χ4n) is 2.15. The lowest BCUT2D eigenvalue weighted by molar-refractivity contribution is 0.0222. The number of benzene rings is 2. The van der Waals surface area contributed by atoms with E-state index < -0.39 is 10.1 Å². The van der Waals surface area contributed by atoms with E-state index in [-0.39, 0.29) is 24.7 Å². The third-order valence-corrected chi connectivity index (χ3v) is 5.06. The monoisotopic (exact) mass is 486 g/mol. The van der Waals surface area contributed by atoms with Crippen molar-refractivity contribution in [3.8, 4) is 0 Å². The average Bonchev–Trinajstić information content (AvgIpc) is 2.82. The minimum Gasteiger partial charge on any atom is -0.394 e. The molecule has 0 spiro atoms. The quantitative estimate of drug-likeness (QED) is 0.328. The number of aryl methyl sites for hydroxylation is 1. The lowest BCUT2D eigenvalue weighted by Crippen LogP contribution is -2.09. The van der Waals surface area contributed by atoms with E-state index in [0.29, 0.717) is 26.4 Å². The zero-order valence-corrected chi connectivity index (χ0v) is 20.6. The van der Waals surface area contributed by atoms with Gasteiger partial charge in [-0.25, -0.2) is 0 Å². The van der Waals surface area contributed by atoms with Crippen LogP contribution < -0.4 is 0 Å². The Morgan fingerprint density at radius 1 is 0.727 bits per heavy atom. The maximum Gasteiger partial charge on any atom is 0.297 e. The number of aliphatic hydroxyl groups is 2. The second-order valence-corrected chi connectivity index (χ2v) is 8.08. The van der Waals surface area contributed by atoms with E-state index in [9.17, 15) is 8.42 Å². The molecule has 0 aliphatic heterocycles. The molecule has 0 saturated heterocycles. The van der Waals surface area contributed by atoms with Gasteiger partial charge in [0.05, 0.1) is 51.1 Å². The van der Waals surface area contributed by atoms with Crippen molar-refractivity contribution in [3.63, 3.8) is 0 Å². The Kier molecular flexibility index (Phi) is 19.6. The largest absolute Gasteiger partial charge is 0.394 e. The van der Waals surface area contributed by atoms with Crippen molar-refractivity contribution >= 4 is 10.1 Å². The van der Waals surface area contributed by atoms with Gasteiger partial charge in [0.15, 0.2) is 0 Å². The van der Waals surface area contributed by atoms with Crippen LogP contribution in [0.25, 0.3) is 0 Å². The van der Waals surface area contributed by atoms with Crippen molar-refractivity contribution in [2.24, 2.45) is 0 Å². The molecule has 9 heteroatoms. The molecule has 0 aromatic heterocycles. The second-order valence-electron chi connectivity index (χ2n) is 6.47. The fourth-order valence-corrected chi connectivity index (χ4v) is 3.04. The molecule has 0 bridgehead atoms. The zero-order chi connectivity index (χ0) is 24.8. The van der Waals surface area contributed by atoms with Crippen LogP contribution in [0.1, 0.15) is 25.0 Å². The third kappa shape index (κ3) is 17.3. The maximum atomic E-state index is 11.9. The van der Waals surface area contributed by atoms with Gasteiger partial charge in [-0.05, 0) is 38.5 Å². The predicted octanol–water partition coefficient (Wildman–Crippen LogP) is 2.95. The van der Waals surface area contributed by atoms with Crippen LogP contribution in [-0.4, -0.2) is 71.5 Å². The first kappa shape index (κ1) is 31.1. The second kappa shape index (κ2) is 20.7. The molecule has 0 heterocycles. The first-order valence-electron chi connectivity index (χ1n) is 10.9. The summed E-state index contributed by atoms with van der Waals surface area (Å²) in [5.74, 6) is 0. The van der Waals surface area contributed by atoms with E-state index >= 15 is 0 Å². The van der Waals surface area contributed by atoms with Gasteiger partial charge in [0.1, 0.15) is 0 Å². The predicted molar refractivity (Wildman–Crippen MR) is 128 cm³/mol. The number of hydrogen-bond donors (Lipinski definition) is 2. The average molecular weight is 487 g/mol. The molecule has 8 nitrogen and oxygen atoms in total. The minimum absolute atomic E-state index is 0.0417. The maximum absolute atomic E-state index is 11.9. The summed E-state index contributed by atoms with van der Waals surface area (Å²) < 4.78 is 43.4. The summed E-state index contributed by atoms with van der Waals surface area (Å²) in [7, 11) is -3.68. The molecule has 33 heavy (non-hydrogen) atoms. The third-order valence-electron chi connectivity index (χ3n) is 3.78. The van der Waals surface area contributed by atoms with Crippen molar-refractivity contribution in [2.75, 3.05) is 52.9 Å². The first-order valence-corrected chi connectivity index (χ1v) is 12.3. The lowest BCUT2D eigenvalue weighted by atomic mass is 10.2. The van der Waals surface area contributed by atoms with E-state index in [1.165, 1.54) is 0 Å². The van der Waals surface area contributed by atoms with Crippen molar-refractivity contribution < 1.29 is 37.0 Å². The number of ether oxygens (including phenoxy) is 3. The lowest BCUT2D eigenvalue weighted by Gasteiger charge is -2.06. The van der Waals surface area contributed by atoms with E-state index in [0.717, 1.165) is 24.3 Å². The van der Waals surface area contributed by atoms with E-state index in [4.69, 9.17) is 28.6 Å². The van der Waals surface area contributed by atoms with E-state index in [1.54, 1.807) is 24.3 Å². The molecule has 2 N–H and O–H groups in total. The SMILES string of the molecule is CCOCC.Cc1ccc(S(=O)(=O)OCc2ccccc2)cc1.OCCOCCOCCO. The smallest absolute Gasteiger partial charge is 0.297 e. The Labute approximate surface area is 198 Å². The van der Waals surface area contributed by atoms with Gasteiger partial charge < -0.3 is 24.4 Å². The van der Waals surface area contributed by atoms with Crippen LogP contribution in [0.15, 0.2) is 59.5 Å². The molecular weight excluding hydrogens is 448 g/mol. The summed E-state index contributed by atoms with van der Waals surface area (Å²) in [4.78, 5) is 0.184. The molecular formula is C24H38O8S. The van der Waals surface area contributed by atoms with E-state index in [1.807, 2.05) is 51.1 Å². The van der Waals surface area contributed by atoms with Gasteiger partial charge in [-0.15, -0.1) is 0 Å². The molecule has 2 aromatic carbocycles. The summed E-state index contributed by atoms with van der Waals surface area (Å²) in [6, 6.07) is 15.8. The molecule has 0 atom stereocenters. The van der Waals surface area contributed by atoms with Crippen molar-refractivity contribution in [1.29, 1.82) is 0 Å². The summed E-state index contributed by atoms with van der Waals surface area (Å²) in [5, 5.41) is 16.5. The first-order chi connectivity index (χ1) is 15.9. The Morgan fingerprint density at radius 3 is 1.67 bits per heavy atom. The molecule has 2 rings (SSSR count). The van der Waals surface area contributed by atoms with Crippen molar-refractivity contribution in [2.45, 2.75) is 32.3 Å². The van der Waals surface area contributed by atoms with Crippen LogP contribution in [0.5, 0.6) is 0 Å². The molecule has 0 saturated carbocycles. The highest BCUT2D eigenvalue weighted by molar-refractivity contribution is 7.86. The van der Waals surface area contributed by atoms with Crippen molar-refractivity contribution in [3.05, 3.63) is 65.7 Å². The minimum atomic E-state index is -3.68. The van der Waals surface area contributed by atoms with Crippen LogP contribution in [0.2, 0.25) is 0 Å². The molecule has 0 radical (unpaired) electrons. The van der Waals surface area contributed by atoms with Gasteiger partial charge in [-0.1, -0.05) is 48.0 Å². The van der Waals surface area contributed by atoms with E-state index in [2.05, 4.69) is 0 Å². The molecule has 0 aliphatic rings. The van der Waals surface area contributed by atoms with Gasteiger partial charge in [-0.2, -0.15) is 8.42 Å². The highest BCUT2D eigenvalue weighted by Gasteiger charge is 2.14. The standard InChI is InChI=1S/C14H14O3S.C6H14O4.C4H10O/c1-12-7-9-14(10-8-12)18(15,16)17-11-13-5-3-2-4-6-13;7-1-3-9-5-6-10-4-2-8;1-3-5-4-2/h2-10H,11H2,1H3;7-8H,1-6H2;3-4H2,1-2H3. The molecule has 188 valence electrons. The number of aliphatic hydroxyl groups excluding tert-OH is 2. The highest BCUT2D eigenvalue weighted by Crippen LogP contribution is 2.15. The molecule has 0 fully saturated rings. The Balaban J connectivity index is 0.000000576. The van der Waals surface area contributed by atoms with Gasteiger partial charge in [-0.3, -0.25) is 4.18 Å². The summed E-state index contributed by atoms with van der Waals surface area (Å²) in [6.45, 7) is 9.35. The Bertz CT molecular complexity index is 770. The fraction of sp³-hybridized carbons (Fsp3) is 0.500. The van der Waals surface area contributed by atoms with Gasteiger partial charge in [0.2, 0.25) is 0 Å². The molecule has 0 amide bonds. The van der Waals surface area contributed by atoms with Crippen molar-refractivity contribution in [1.82, 2.24) is 0 Å². The van der Waals surface area contributed by atoms with Crippen LogP contribution in [0.3, 0.4) is 0 Å². The van der Waals surface area contributed by atoms with Crippen LogP contribution >= 0.6 is 0 Å². The van der Waals surface area contributed by atoms with Gasteiger partial charge in [0, 0.05) is 13.2 Å². The topological polar surface area (TPSA) is 112 Å². The number of rotatable bonds is 13. The van der Waals surface area contributed by atoms with Gasteiger partial charge >= 0.3 is 0 Å². The van der Waals surface area contributed by atoms with Crippen LogP contribution in [0, 0.1) is 6.92 Å². The summed E-state index contributed by atoms with van der Waals surface area (Å²) in [6.07, 6.45) is 0. The Hall–Kier alpha value is -1.85. The van der Waals surface area contributed by atoms with Crippen LogP contribution in [-0.2, 0) is 35.1 Å². The van der Waals surface area contributed by atoms with Gasteiger partial charge in [0.25, 0.3) is 10.1 Å². The molecule has 2 aromatic rings. The number of hydrogen-bond acceptors (Lipinski definition) is 8. The zero-order valence-electron chi connectivity index (χ0n) is 19.8. The molecule has 0 unspecified atom stereocenters. The molecule has 0 aliphatic carbocycles. The highest BCUT2D eigenvalue weighted by atomic mass is 32.2. The normalized spacial score (nSPS) is 10.6. The Morgan fingerprint density at radius 2 is 1.24 bits per heavy atom. The van der Waals surface area contributed by atoms with Crippen LogP contribution in [0.4, 0.5) is 0 Å².